The zero-order valence-corrected chi connectivity index (χ0v) is 13.7. The lowest BCUT2D eigenvalue weighted by Crippen LogP contribution is -2.45. The minimum Gasteiger partial charge on any atom is -0.348 e. The van der Waals surface area contributed by atoms with E-state index in [2.05, 4.69) is 34.3 Å². The average Bonchev–Trinajstić information content (AvgIpc) is 3.18. The number of hydrogen-bond acceptors (Lipinski definition) is 6. The number of rotatable bonds is 6. The van der Waals surface area contributed by atoms with Gasteiger partial charge >= 0.3 is 0 Å². The summed E-state index contributed by atoms with van der Waals surface area (Å²) in [6.45, 7) is 8.54. The topological polar surface area (TPSA) is 65.3 Å². The summed E-state index contributed by atoms with van der Waals surface area (Å²) in [6.07, 6.45) is 5.66. The number of hydrogen-bond donors (Lipinski definition) is 0. The Bertz CT molecular complexity index is 464. The average molecular weight is 309 g/mol. The monoisotopic (exact) mass is 309 g/mol. The van der Waals surface area contributed by atoms with Crippen LogP contribution in [-0.2, 0) is 16.0 Å². The lowest BCUT2D eigenvalue weighted by molar-refractivity contribution is -0.185. The van der Waals surface area contributed by atoms with Gasteiger partial charge in [0.05, 0.1) is 13.2 Å². The molecule has 2 aliphatic rings. The summed E-state index contributed by atoms with van der Waals surface area (Å²) in [4.78, 5) is 2.29. The fourth-order valence-electron chi connectivity index (χ4n) is 3.45. The zero-order valence-electron chi connectivity index (χ0n) is 13.7. The van der Waals surface area contributed by atoms with E-state index in [9.17, 15) is 0 Å². The van der Waals surface area contributed by atoms with Gasteiger partial charge in [0.25, 0.3) is 0 Å². The first-order chi connectivity index (χ1) is 10.7. The van der Waals surface area contributed by atoms with E-state index >= 15 is 0 Å². The maximum absolute atomic E-state index is 5.81. The van der Waals surface area contributed by atoms with Gasteiger partial charge in [-0.25, -0.2) is 4.68 Å². The molecule has 2 fully saturated rings. The highest BCUT2D eigenvalue weighted by Crippen LogP contribution is 2.35. The summed E-state index contributed by atoms with van der Waals surface area (Å²) in [7, 11) is 0. The van der Waals surface area contributed by atoms with Crippen molar-refractivity contribution in [3.63, 3.8) is 0 Å². The molecule has 3 rings (SSSR count). The molecule has 0 aliphatic carbocycles. The van der Waals surface area contributed by atoms with Crippen molar-refractivity contribution >= 4 is 5.95 Å². The van der Waals surface area contributed by atoms with E-state index in [-0.39, 0.29) is 5.79 Å². The number of anilines is 1. The molecule has 22 heavy (non-hydrogen) atoms. The first kappa shape index (κ1) is 15.7. The number of aromatic nitrogens is 4. The van der Waals surface area contributed by atoms with Crippen LogP contribution in [-0.4, -0.2) is 52.3 Å². The molecular weight excluding hydrogens is 282 g/mol. The first-order valence-electron chi connectivity index (χ1n) is 8.52. The van der Waals surface area contributed by atoms with Gasteiger partial charge in [0.15, 0.2) is 5.79 Å². The molecule has 1 aromatic heterocycles. The van der Waals surface area contributed by atoms with Crippen LogP contribution < -0.4 is 4.90 Å². The number of tetrazole rings is 1. The highest BCUT2D eigenvalue weighted by molar-refractivity contribution is 5.28. The molecule has 0 aromatic carbocycles. The van der Waals surface area contributed by atoms with Gasteiger partial charge < -0.3 is 14.4 Å². The molecule has 7 heteroatoms. The predicted octanol–water partition coefficient (Wildman–Crippen LogP) is 1.84. The maximum atomic E-state index is 5.81. The Morgan fingerprint density at radius 1 is 1.18 bits per heavy atom. The SMILES string of the molecule is CCCCCn1nnnc1N1CCC(C2(C)OCCO2)CC1. The summed E-state index contributed by atoms with van der Waals surface area (Å²) in [5.74, 6) is 0.975. The highest BCUT2D eigenvalue weighted by Gasteiger charge is 2.41. The van der Waals surface area contributed by atoms with E-state index in [0.29, 0.717) is 19.1 Å². The number of unbranched alkanes of at least 4 members (excludes halogenated alkanes) is 2. The molecule has 1 aromatic rings. The summed E-state index contributed by atoms with van der Waals surface area (Å²) in [5, 5.41) is 12.2. The van der Waals surface area contributed by atoms with Crippen molar-refractivity contribution < 1.29 is 9.47 Å². The normalized spacial score (nSPS) is 22.4. The lowest BCUT2D eigenvalue weighted by atomic mass is 9.89. The van der Waals surface area contributed by atoms with Gasteiger partial charge in [-0.3, -0.25) is 0 Å². The minimum absolute atomic E-state index is 0.390. The summed E-state index contributed by atoms with van der Waals surface area (Å²) in [6, 6.07) is 0. The van der Waals surface area contributed by atoms with Crippen molar-refractivity contribution in [2.75, 3.05) is 31.2 Å². The highest BCUT2D eigenvalue weighted by atomic mass is 16.7. The van der Waals surface area contributed by atoms with Gasteiger partial charge in [0.1, 0.15) is 0 Å². The molecule has 0 amide bonds. The van der Waals surface area contributed by atoms with Gasteiger partial charge in [0, 0.05) is 25.6 Å². The molecular formula is C15H27N5O2. The molecule has 0 unspecified atom stereocenters. The molecule has 7 nitrogen and oxygen atoms in total. The van der Waals surface area contributed by atoms with Crippen LogP contribution in [0.3, 0.4) is 0 Å². The molecule has 0 radical (unpaired) electrons. The maximum Gasteiger partial charge on any atom is 0.245 e. The number of piperidine rings is 1. The molecule has 0 bridgehead atoms. The largest absolute Gasteiger partial charge is 0.348 e. The van der Waals surface area contributed by atoms with Crippen LogP contribution in [0, 0.1) is 5.92 Å². The second kappa shape index (κ2) is 6.91. The molecule has 0 spiro atoms. The third-order valence-corrected chi connectivity index (χ3v) is 4.87. The van der Waals surface area contributed by atoms with Crippen molar-refractivity contribution in [2.45, 2.75) is 58.3 Å². The van der Waals surface area contributed by atoms with Crippen LogP contribution in [0.25, 0.3) is 0 Å². The second-order valence-electron chi connectivity index (χ2n) is 6.38. The van der Waals surface area contributed by atoms with Crippen LogP contribution >= 0.6 is 0 Å². The van der Waals surface area contributed by atoms with E-state index < -0.39 is 0 Å². The van der Waals surface area contributed by atoms with Crippen LogP contribution in [0.4, 0.5) is 5.95 Å². The Kier molecular flexibility index (Phi) is 4.93. The number of aryl methyl sites for hydroxylation is 1. The Hall–Kier alpha value is -1.21. The van der Waals surface area contributed by atoms with Crippen molar-refractivity contribution in [3.05, 3.63) is 0 Å². The molecule has 0 saturated carbocycles. The van der Waals surface area contributed by atoms with Crippen LogP contribution in [0.2, 0.25) is 0 Å². The van der Waals surface area contributed by atoms with E-state index in [0.717, 1.165) is 44.8 Å². The third-order valence-electron chi connectivity index (χ3n) is 4.87. The molecule has 0 atom stereocenters. The Morgan fingerprint density at radius 3 is 2.59 bits per heavy atom. The number of nitrogens with zero attached hydrogens (tertiary/aromatic N) is 5. The fraction of sp³-hybridized carbons (Fsp3) is 0.933. The Balaban J connectivity index is 1.56. The van der Waals surface area contributed by atoms with E-state index in [4.69, 9.17) is 9.47 Å². The van der Waals surface area contributed by atoms with Gasteiger partial charge in [-0.05, 0) is 36.6 Å². The van der Waals surface area contributed by atoms with Gasteiger partial charge in [0.2, 0.25) is 5.95 Å². The fourth-order valence-corrected chi connectivity index (χ4v) is 3.45. The van der Waals surface area contributed by atoms with Crippen molar-refractivity contribution in [3.8, 4) is 0 Å². The van der Waals surface area contributed by atoms with Crippen molar-refractivity contribution in [2.24, 2.45) is 5.92 Å². The molecule has 124 valence electrons. The molecule has 2 saturated heterocycles. The predicted molar refractivity (Wildman–Crippen MR) is 82.6 cm³/mol. The van der Waals surface area contributed by atoms with Crippen LogP contribution in [0.15, 0.2) is 0 Å². The zero-order chi connectivity index (χ0) is 15.4. The molecule has 0 N–H and O–H groups in total. The van der Waals surface area contributed by atoms with E-state index in [1.54, 1.807) is 0 Å². The molecule has 3 heterocycles. The summed E-state index contributed by atoms with van der Waals surface area (Å²) in [5.41, 5.74) is 0. The second-order valence-corrected chi connectivity index (χ2v) is 6.38. The van der Waals surface area contributed by atoms with Crippen LogP contribution in [0.1, 0.15) is 46.0 Å². The smallest absolute Gasteiger partial charge is 0.245 e. The number of ether oxygens (including phenoxy) is 2. The Labute approximate surface area is 131 Å². The van der Waals surface area contributed by atoms with Gasteiger partial charge in [-0.15, -0.1) is 0 Å². The first-order valence-corrected chi connectivity index (χ1v) is 8.52. The Morgan fingerprint density at radius 2 is 1.91 bits per heavy atom. The summed E-state index contributed by atoms with van der Waals surface area (Å²) >= 11 is 0. The van der Waals surface area contributed by atoms with E-state index in [1.165, 1.54) is 12.8 Å². The van der Waals surface area contributed by atoms with Gasteiger partial charge in [-0.2, -0.15) is 0 Å². The van der Waals surface area contributed by atoms with Crippen molar-refractivity contribution in [1.29, 1.82) is 0 Å². The van der Waals surface area contributed by atoms with Gasteiger partial charge in [-0.1, -0.05) is 24.9 Å². The quantitative estimate of drug-likeness (QED) is 0.747. The van der Waals surface area contributed by atoms with E-state index in [1.807, 2.05) is 4.68 Å². The molecule has 2 aliphatic heterocycles. The third kappa shape index (κ3) is 3.25. The summed E-state index contributed by atoms with van der Waals surface area (Å²) < 4.78 is 13.6. The minimum atomic E-state index is -0.390. The standard InChI is InChI=1S/C15H27N5O2/c1-3-4-5-8-20-14(16-17-18-20)19-9-6-13(7-10-19)15(2)21-11-12-22-15/h13H,3-12H2,1-2H3. The van der Waals surface area contributed by atoms with Crippen molar-refractivity contribution in [1.82, 2.24) is 20.2 Å². The lowest BCUT2D eigenvalue weighted by Gasteiger charge is -2.39. The van der Waals surface area contributed by atoms with Crippen LogP contribution in [0.5, 0.6) is 0 Å².